The summed E-state index contributed by atoms with van der Waals surface area (Å²) in [5, 5.41) is 4.40. The minimum atomic E-state index is 0.361. The molecule has 1 aromatic heterocycles. The fraction of sp³-hybridized carbons (Fsp3) is 0.222. The van der Waals surface area contributed by atoms with Crippen LogP contribution >= 0.6 is 10.1 Å². The van der Waals surface area contributed by atoms with Gasteiger partial charge in [0.15, 0.2) is 0 Å². The van der Waals surface area contributed by atoms with Crippen molar-refractivity contribution in [1.29, 1.82) is 0 Å². The molecule has 0 aliphatic heterocycles. The van der Waals surface area contributed by atoms with E-state index in [1.165, 1.54) is 0 Å². The van der Waals surface area contributed by atoms with Gasteiger partial charge in [0.05, 0.1) is 11.4 Å². The molecular formula is C9H11ClCuN4S. The number of nitrogens with one attached hydrogen (secondary N) is 1. The molecule has 16 heavy (non-hydrogen) atoms. The van der Waals surface area contributed by atoms with Crippen LogP contribution in [0.2, 0.25) is 0 Å². The summed E-state index contributed by atoms with van der Waals surface area (Å²) in [6.07, 6.45) is 1.72. The summed E-state index contributed by atoms with van der Waals surface area (Å²) in [5.74, 6) is 0. The molecule has 0 amide bonds. The topological polar surface area (TPSA) is 49.6 Å². The van der Waals surface area contributed by atoms with E-state index in [1.807, 2.05) is 25.1 Å². The van der Waals surface area contributed by atoms with Gasteiger partial charge < -0.3 is 12.6 Å². The molecule has 1 aromatic rings. The van der Waals surface area contributed by atoms with Crippen LogP contribution in [0.4, 0.5) is 0 Å². The van der Waals surface area contributed by atoms with E-state index in [0.717, 1.165) is 11.4 Å². The van der Waals surface area contributed by atoms with Crippen LogP contribution < -0.4 is 5.43 Å². The van der Waals surface area contributed by atoms with Gasteiger partial charge in [0.1, 0.15) is 0 Å². The Bertz CT molecular complexity index is 356. The van der Waals surface area contributed by atoms with Crippen molar-refractivity contribution in [2.75, 3.05) is 7.05 Å². The van der Waals surface area contributed by atoms with E-state index in [-0.39, 0.29) is 0 Å². The molecule has 0 bridgehead atoms. The van der Waals surface area contributed by atoms with Crippen LogP contribution in [0, 0.1) is 0 Å². The quantitative estimate of drug-likeness (QED) is 0.297. The first-order valence-electron chi connectivity index (χ1n) is 4.21. The SMILES string of the molecule is CN=C([S-])N/N=C(\C)c1ccccn1.[Cl][Cu+]. The second-order valence-electron chi connectivity index (χ2n) is 2.55. The number of pyridine rings is 1. The van der Waals surface area contributed by atoms with Crippen molar-refractivity contribution in [2.45, 2.75) is 6.92 Å². The Morgan fingerprint density at radius 2 is 2.19 bits per heavy atom. The van der Waals surface area contributed by atoms with Gasteiger partial charge in [-0.05, 0) is 24.2 Å². The van der Waals surface area contributed by atoms with E-state index in [4.69, 9.17) is 12.6 Å². The molecule has 0 radical (unpaired) electrons. The van der Waals surface area contributed by atoms with Crippen LogP contribution in [-0.4, -0.2) is 22.9 Å². The van der Waals surface area contributed by atoms with Gasteiger partial charge in [0.2, 0.25) is 0 Å². The zero-order chi connectivity index (χ0) is 12.4. The first kappa shape index (κ1) is 15.3. The average molecular weight is 306 g/mol. The van der Waals surface area contributed by atoms with Crippen molar-refractivity contribution in [3.8, 4) is 0 Å². The van der Waals surface area contributed by atoms with E-state index in [1.54, 1.807) is 13.2 Å². The summed E-state index contributed by atoms with van der Waals surface area (Å²) in [6, 6.07) is 5.65. The van der Waals surface area contributed by atoms with Gasteiger partial charge in [-0.15, -0.1) is 0 Å². The van der Waals surface area contributed by atoms with Gasteiger partial charge in [-0.1, -0.05) is 6.07 Å². The predicted octanol–water partition coefficient (Wildman–Crippen LogP) is 1.61. The monoisotopic (exact) mass is 305 g/mol. The summed E-state index contributed by atoms with van der Waals surface area (Å²) in [6.45, 7) is 1.85. The van der Waals surface area contributed by atoms with Crippen molar-refractivity contribution in [1.82, 2.24) is 10.4 Å². The Kier molecular flexibility index (Phi) is 9.13. The first-order valence-corrected chi connectivity index (χ1v) is 5.91. The number of amidine groups is 1. The molecule has 1 rings (SSSR count). The molecule has 7 heteroatoms. The van der Waals surface area contributed by atoms with Gasteiger partial charge in [-0.25, -0.2) is 0 Å². The fourth-order valence-electron chi connectivity index (χ4n) is 0.816. The Hall–Kier alpha value is -0.681. The average Bonchev–Trinajstić information content (AvgIpc) is 2.38. The fourth-order valence-corrected chi connectivity index (χ4v) is 0.861. The Morgan fingerprint density at radius 3 is 2.69 bits per heavy atom. The van der Waals surface area contributed by atoms with Crippen LogP contribution in [0.5, 0.6) is 0 Å². The van der Waals surface area contributed by atoms with Crippen molar-refractivity contribution >= 4 is 33.6 Å². The molecule has 0 atom stereocenters. The van der Waals surface area contributed by atoms with Crippen molar-refractivity contribution < 1.29 is 15.1 Å². The molecule has 0 aromatic carbocycles. The molecule has 4 nitrogen and oxygen atoms in total. The normalized spacial score (nSPS) is 11.6. The van der Waals surface area contributed by atoms with Crippen LogP contribution in [0.25, 0.3) is 0 Å². The second kappa shape index (κ2) is 9.54. The van der Waals surface area contributed by atoms with Crippen molar-refractivity contribution in [3.05, 3.63) is 30.1 Å². The molecule has 91 valence electrons. The summed E-state index contributed by atoms with van der Waals surface area (Å²) in [5.41, 5.74) is 4.24. The summed E-state index contributed by atoms with van der Waals surface area (Å²) in [7, 11) is 5.81. The third-order valence-electron chi connectivity index (χ3n) is 1.56. The molecule has 0 aliphatic carbocycles. The third-order valence-corrected chi connectivity index (χ3v) is 1.83. The van der Waals surface area contributed by atoms with E-state index in [9.17, 15) is 0 Å². The Labute approximate surface area is 113 Å². The molecule has 0 spiro atoms. The number of nitrogens with zero attached hydrogens (tertiary/aromatic N) is 3. The summed E-state index contributed by atoms with van der Waals surface area (Å²) in [4.78, 5) is 7.88. The molecule has 0 unspecified atom stereocenters. The summed E-state index contributed by atoms with van der Waals surface area (Å²) >= 11 is 8.48. The van der Waals surface area contributed by atoms with E-state index >= 15 is 0 Å². The van der Waals surface area contributed by atoms with Crippen LogP contribution in [-0.2, 0) is 27.7 Å². The van der Waals surface area contributed by atoms with Crippen molar-refractivity contribution in [3.63, 3.8) is 0 Å². The maximum atomic E-state index is 4.82. The number of hydrogen-bond acceptors (Lipinski definition) is 4. The number of aromatic nitrogens is 1. The third kappa shape index (κ3) is 6.02. The van der Waals surface area contributed by atoms with E-state index in [2.05, 4.69) is 45.7 Å². The number of hydrazone groups is 1. The molecule has 0 aliphatic rings. The zero-order valence-corrected chi connectivity index (χ0v) is 11.3. The molecule has 1 N–H and O–H groups in total. The summed E-state index contributed by atoms with van der Waals surface area (Å²) < 4.78 is 0. The first-order chi connectivity index (χ1) is 7.74. The predicted molar refractivity (Wildman–Crippen MR) is 66.2 cm³/mol. The van der Waals surface area contributed by atoms with Gasteiger partial charge in [0, 0.05) is 13.2 Å². The molecule has 1 heterocycles. The van der Waals surface area contributed by atoms with Crippen LogP contribution in [0.15, 0.2) is 34.5 Å². The molecule has 0 fully saturated rings. The number of aliphatic imine (C=N–C) groups is 1. The van der Waals surface area contributed by atoms with Gasteiger partial charge in [-0.2, -0.15) is 5.10 Å². The minimum absolute atomic E-state index is 0.361. The van der Waals surface area contributed by atoms with Gasteiger partial charge in [0.25, 0.3) is 0 Å². The number of hydrogen-bond donors (Lipinski definition) is 1. The molecule has 0 saturated heterocycles. The zero-order valence-electron chi connectivity index (χ0n) is 8.74. The van der Waals surface area contributed by atoms with Crippen LogP contribution in [0.3, 0.4) is 0 Å². The van der Waals surface area contributed by atoms with Gasteiger partial charge >= 0.3 is 25.2 Å². The van der Waals surface area contributed by atoms with Crippen molar-refractivity contribution in [2.24, 2.45) is 10.1 Å². The Balaban J connectivity index is 0.00000106. The maximum absolute atomic E-state index is 4.82. The Morgan fingerprint density at radius 1 is 1.50 bits per heavy atom. The van der Waals surface area contributed by atoms with Crippen LogP contribution in [0.1, 0.15) is 12.6 Å². The second-order valence-corrected chi connectivity index (χ2v) is 2.94. The molecule has 0 saturated carbocycles. The van der Waals surface area contributed by atoms with Gasteiger partial charge in [-0.3, -0.25) is 15.4 Å². The number of halogens is 1. The van der Waals surface area contributed by atoms with E-state index < -0.39 is 0 Å². The standard InChI is InChI=1S/C9H12N4S.ClH.Cu/c1-7(12-13-9(14)10-2)8-5-3-4-6-11-8;;/h3-6H,1-2H3,(H2,10,13,14);1H;/q;;+2/p-2/b12-7+;;. The van der Waals surface area contributed by atoms with E-state index in [0.29, 0.717) is 5.17 Å². The molecular weight excluding hydrogens is 295 g/mol. The number of rotatable bonds is 2.